The molecule has 3 aromatic carbocycles. The molecular formula is C50H62N6O8S. The molecule has 15 heteroatoms. The van der Waals surface area contributed by atoms with Gasteiger partial charge in [-0.1, -0.05) is 79.9 Å². The number of ether oxygens (including phenoxy) is 3. The molecule has 0 radical (unpaired) electrons. The van der Waals surface area contributed by atoms with Crippen molar-refractivity contribution in [3.05, 3.63) is 94.5 Å². The standard InChI is InChI=1S/C50H62N6O8S/c57-41-15-14-37(46-44(41)52-43(58)32-63-46)16-21-54(39-12-5-2-6-13-39)25-26-55-22-17-42(45(55)49(60)61)62-28-18-35-8-7-9-36(30-35)31-53-23-19-50(20-24-53)34-56(27-29-64-50)48(59)40-33-65-47(51-40)38-10-3-1-4-11-38/h1,3-4,7-11,14-15,30,33,39,42,45,57H,2,5-6,12-13,16-29,31-32,34H2,(H,52,58)(H,60,61)/t42?,45-/m0/s1. The first kappa shape index (κ1) is 45.3. The lowest BCUT2D eigenvalue weighted by Gasteiger charge is -2.47. The Hall–Kier alpha value is -4.90. The number of benzene rings is 3. The first-order valence-electron chi connectivity index (χ1n) is 23.5. The lowest BCUT2D eigenvalue weighted by atomic mass is 9.89. The van der Waals surface area contributed by atoms with Crippen molar-refractivity contribution in [2.75, 3.05) is 77.5 Å². The summed E-state index contributed by atoms with van der Waals surface area (Å²) >= 11 is 1.50. The predicted molar refractivity (Wildman–Crippen MR) is 249 cm³/mol. The van der Waals surface area contributed by atoms with Crippen LogP contribution in [0.15, 0.2) is 72.1 Å². The number of carbonyl (C=O) groups is 3. The van der Waals surface area contributed by atoms with Gasteiger partial charge in [0, 0.05) is 69.3 Å². The maximum Gasteiger partial charge on any atom is 0.323 e. The van der Waals surface area contributed by atoms with Crippen LogP contribution in [0.25, 0.3) is 10.6 Å². The number of fused-ring (bicyclic) bond motifs is 1. The van der Waals surface area contributed by atoms with Gasteiger partial charge in [0.1, 0.15) is 28.2 Å². The number of amides is 2. The summed E-state index contributed by atoms with van der Waals surface area (Å²) in [5.41, 5.74) is 4.86. The van der Waals surface area contributed by atoms with Gasteiger partial charge in [-0.2, -0.15) is 0 Å². The molecule has 65 heavy (non-hydrogen) atoms. The number of thiazole rings is 1. The van der Waals surface area contributed by atoms with E-state index < -0.39 is 12.0 Å². The number of rotatable bonds is 16. The van der Waals surface area contributed by atoms with Crippen LogP contribution in [-0.2, 0) is 38.4 Å². The SMILES string of the molecule is O=C1COc2c(CCN(CCN3CCC(OCCc4cccc(CN5CCC6(CC5)CN(C(=O)c5csc(-c7ccccc7)n5)CCO6)c4)[C@H]3C(=O)O)C3CCCCC3)ccc(O)c2N1. The van der Waals surface area contributed by atoms with Crippen molar-refractivity contribution < 1.29 is 38.8 Å². The monoisotopic (exact) mass is 906 g/mol. The number of aromatic hydroxyl groups is 1. The fourth-order valence-electron chi connectivity index (χ4n) is 10.6. The van der Waals surface area contributed by atoms with E-state index in [0.717, 1.165) is 74.5 Å². The van der Waals surface area contributed by atoms with E-state index in [-0.39, 0.29) is 35.9 Å². The number of anilines is 1. The van der Waals surface area contributed by atoms with Crippen molar-refractivity contribution in [1.29, 1.82) is 0 Å². The molecule has 1 aromatic heterocycles. The summed E-state index contributed by atoms with van der Waals surface area (Å²) in [7, 11) is 0. The van der Waals surface area contributed by atoms with Gasteiger partial charge in [0.25, 0.3) is 11.8 Å². The van der Waals surface area contributed by atoms with Crippen LogP contribution in [0.2, 0.25) is 0 Å². The van der Waals surface area contributed by atoms with Crippen LogP contribution in [0.1, 0.15) is 78.5 Å². The molecule has 0 bridgehead atoms. The summed E-state index contributed by atoms with van der Waals surface area (Å²) in [4.78, 5) is 51.9. The highest BCUT2D eigenvalue weighted by atomic mass is 32.1. The second-order valence-electron chi connectivity index (χ2n) is 18.4. The molecule has 1 spiro atoms. The van der Waals surface area contributed by atoms with E-state index in [1.165, 1.54) is 41.7 Å². The number of hydrogen-bond donors (Lipinski definition) is 3. The third kappa shape index (κ3) is 10.9. The number of carboxylic acids is 1. The van der Waals surface area contributed by atoms with E-state index in [4.69, 9.17) is 14.2 Å². The van der Waals surface area contributed by atoms with E-state index in [1.807, 2.05) is 46.7 Å². The van der Waals surface area contributed by atoms with Gasteiger partial charge in [-0.25, -0.2) is 4.98 Å². The summed E-state index contributed by atoms with van der Waals surface area (Å²) < 4.78 is 18.6. The Morgan fingerprint density at radius 3 is 2.57 bits per heavy atom. The van der Waals surface area contributed by atoms with E-state index in [9.17, 15) is 24.6 Å². The number of phenolic OH excluding ortho intramolecular Hbond substituents is 1. The van der Waals surface area contributed by atoms with Crippen LogP contribution >= 0.6 is 11.3 Å². The number of carboxylic acid groups (broad SMARTS) is 1. The van der Waals surface area contributed by atoms with Crippen molar-refractivity contribution in [2.24, 2.45) is 0 Å². The summed E-state index contributed by atoms with van der Waals surface area (Å²) in [6.07, 6.45) is 9.27. The number of piperidine rings is 1. The topological polar surface area (TPSA) is 157 Å². The van der Waals surface area contributed by atoms with Gasteiger partial charge < -0.3 is 34.6 Å². The maximum absolute atomic E-state index is 13.6. The van der Waals surface area contributed by atoms with Crippen LogP contribution < -0.4 is 10.1 Å². The van der Waals surface area contributed by atoms with Crippen molar-refractivity contribution in [1.82, 2.24) is 24.6 Å². The quantitative estimate of drug-likeness (QED) is 0.108. The molecule has 1 unspecified atom stereocenters. The van der Waals surface area contributed by atoms with Crippen LogP contribution in [0, 0.1) is 0 Å². The summed E-state index contributed by atoms with van der Waals surface area (Å²) in [5.74, 6) is -0.624. The Kier molecular flexibility index (Phi) is 14.4. The minimum absolute atomic E-state index is 0.00648. The summed E-state index contributed by atoms with van der Waals surface area (Å²) in [6, 6.07) is 21.8. The molecule has 2 amide bonds. The zero-order valence-corrected chi connectivity index (χ0v) is 38.0. The minimum atomic E-state index is -0.841. The highest BCUT2D eigenvalue weighted by Gasteiger charge is 2.42. The molecule has 9 rings (SSSR count). The molecule has 3 N–H and O–H groups in total. The smallest absolute Gasteiger partial charge is 0.323 e. The van der Waals surface area contributed by atoms with Gasteiger partial charge >= 0.3 is 5.97 Å². The van der Waals surface area contributed by atoms with Crippen LogP contribution in [-0.4, -0.2) is 149 Å². The number of morpholine rings is 1. The third-order valence-electron chi connectivity index (χ3n) is 14.1. The number of carbonyl (C=O) groups excluding carboxylic acids is 2. The normalized spacial score (nSPS) is 21.6. The minimum Gasteiger partial charge on any atom is -0.506 e. The molecule has 5 aliphatic rings. The second-order valence-corrected chi connectivity index (χ2v) is 19.2. The fraction of sp³-hybridized carbons (Fsp3) is 0.520. The molecular weight excluding hydrogens is 845 g/mol. The summed E-state index contributed by atoms with van der Waals surface area (Å²) in [6.45, 7) is 7.47. The summed E-state index contributed by atoms with van der Waals surface area (Å²) in [5, 5.41) is 26.3. The Morgan fingerprint density at radius 1 is 0.938 bits per heavy atom. The molecule has 4 aliphatic heterocycles. The van der Waals surface area contributed by atoms with E-state index in [0.29, 0.717) is 81.8 Å². The van der Waals surface area contributed by atoms with Gasteiger partial charge in [0.05, 0.1) is 31.5 Å². The first-order chi connectivity index (χ1) is 31.7. The average Bonchev–Trinajstić information content (AvgIpc) is 3.99. The van der Waals surface area contributed by atoms with E-state index in [2.05, 4.69) is 49.3 Å². The molecule has 346 valence electrons. The highest BCUT2D eigenvalue weighted by molar-refractivity contribution is 7.13. The number of likely N-dealkylation sites (tertiary alicyclic amines) is 2. The molecule has 4 aromatic rings. The van der Waals surface area contributed by atoms with Crippen molar-refractivity contribution in [2.45, 2.75) is 94.5 Å². The van der Waals surface area contributed by atoms with E-state index in [1.54, 1.807) is 6.07 Å². The zero-order valence-electron chi connectivity index (χ0n) is 37.2. The number of nitrogens with one attached hydrogen (secondary N) is 1. The van der Waals surface area contributed by atoms with Crippen molar-refractivity contribution in [3.63, 3.8) is 0 Å². The largest absolute Gasteiger partial charge is 0.506 e. The van der Waals surface area contributed by atoms with Gasteiger partial charge in [-0.05, 0) is 67.7 Å². The average molecular weight is 907 g/mol. The van der Waals surface area contributed by atoms with Gasteiger partial charge in [-0.3, -0.25) is 29.1 Å². The fourth-order valence-corrected chi connectivity index (χ4v) is 11.4. The molecule has 1 saturated carbocycles. The van der Waals surface area contributed by atoms with Crippen LogP contribution in [0.3, 0.4) is 0 Å². The Morgan fingerprint density at radius 2 is 1.75 bits per heavy atom. The van der Waals surface area contributed by atoms with Crippen molar-refractivity contribution >= 4 is 34.8 Å². The molecule has 1 aliphatic carbocycles. The second kappa shape index (κ2) is 20.7. The Labute approximate surface area is 385 Å². The predicted octanol–water partition coefficient (Wildman–Crippen LogP) is 6.32. The maximum atomic E-state index is 13.6. The van der Waals surface area contributed by atoms with Gasteiger partial charge in [0.2, 0.25) is 0 Å². The van der Waals surface area contributed by atoms with E-state index >= 15 is 0 Å². The first-order valence-corrected chi connectivity index (χ1v) is 24.4. The zero-order chi connectivity index (χ0) is 44.8. The number of nitrogens with zero attached hydrogens (tertiary/aromatic N) is 5. The number of aliphatic carboxylic acids is 1. The highest BCUT2D eigenvalue weighted by Crippen LogP contribution is 2.40. The van der Waals surface area contributed by atoms with Gasteiger partial charge in [0.15, 0.2) is 12.4 Å². The molecule has 2 atom stereocenters. The molecule has 4 fully saturated rings. The molecule has 5 heterocycles. The Balaban J connectivity index is 0.738. The molecule has 3 saturated heterocycles. The number of hydrogen-bond acceptors (Lipinski definition) is 12. The van der Waals surface area contributed by atoms with Gasteiger partial charge in [-0.15, -0.1) is 11.3 Å². The van der Waals surface area contributed by atoms with Crippen LogP contribution in [0.4, 0.5) is 5.69 Å². The number of phenols is 1. The Bertz CT molecular complexity index is 2280. The third-order valence-corrected chi connectivity index (χ3v) is 15.0. The van der Waals surface area contributed by atoms with Crippen LogP contribution in [0.5, 0.6) is 11.5 Å². The lowest BCUT2D eigenvalue weighted by Crippen LogP contribution is -2.58. The number of aromatic nitrogens is 1. The molecule has 14 nitrogen and oxygen atoms in total. The lowest BCUT2D eigenvalue weighted by molar-refractivity contribution is -0.146. The van der Waals surface area contributed by atoms with Crippen molar-refractivity contribution in [3.8, 4) is 22.1 Å².